The normalized spacial score (nSPS) is 19.1. The topological polar surface area (TPSA) is 66.4 Å². The summed E-state index contributed by atoms with van der Waals surface area (Å²) in [6.45, 7) is 3.35. The molecule has 1 unspecified atom stereocenters. The number of carboxylic acid groups (broad SMARTS) is 1. The Labute approximate surface area is 94.8 Å². The standard InChI is InChI=1S/C10H17NO3S/c1-10(2,15)7(9(13)14)11-8(12)6-4-3-5-6/h6-7,15H,3-5H2,1-2H3,(H,11,12)(H,13,14). The second-order valence-electron chi connectivity index (χ2n) is 4.56. The predicted molar refractivity (Wildman–Crippen MR) is 60.0 cm³/mol. The lowest BCUT2D eigenvalue weighted by Crippen LogP contribution is -2.53. The highest BCUT2D eigenvalue weighted by Gasteiger charge is 2.36. The molecule has 1 aliphatic rings. The Kier molecular flexibility index (Phi) is 3.65. The minimum Gasteiger partial charge on any atom is -0.480 e. The minimum absolute atomic E-state index is 0.00235. The minimum atomic E-state index is -1.04. The van der Waals surface area contributed by atoms with Crippen molar-refractivity contribution in [2.45, 2.75) is 43.9 Å². The predicted octanol–water partition coefficient (Wildman–Crippen LogP) is 1.06. The van der Waals surface area contributed by atoms with E-state index in [1.54, 1.807) is 13.8 Å². The lowest BCUT2D eigenvalue weighted by atomic mass is 9.84. The number of carbonyl (C=O) groups is 2. The van der Waals surface area contributed by atoms with E-state index in [4.69, 9.17) is 5.11 Å². The molecule has 0 bridgehead atoms. The second-order valence-corrected chi connectivity index (χ2v) is 5.71. The fraction of sp³-hybridized carbons (Fsp3) is 0.800. The Morgan fingerprint density at radius 2 is 2.00 bits per heavy atom. The van der Waals surface area contributed by atoms with E-state index in [-0.39, 0.29) is 11.8 Å². The molecule has 2 N–H and O–H groups in total. The molecule has 0 heterocycles. The number of amides is 1. The van der Waals surface area contributed by atoms with E-state index in [1.165, 1.54) is 0 Å². The van der Waals surface area contributed by atoms with Gasteiger partial charge in [-0.3, -0.25) is 4.79 Å². The molecule has 0 aromatic carbocycles. The van der Waals surface area contributed by atoms with Crippen molar-refractivity contribution in [3.05, 3.63) is 0 Å². The molecular weight excluding hydrogens is 214 g/mol. The fourth-order valence-electron chi connectivity index (χ4n) is 1.47. The Morgan fingerprint density at radius 1 is 1.47 bits per heavy atom. The Bertz CT molecular complexity index is 268. The summed E-state index contributed by atoms with van der Waals surface area (Å²) in [6.07, 6.45) is 2.79. The number of aliphatic carboxylic acids is 1. The van der Waals surface area contributed by atoms with Crippen molar-refractivity contribution in [3.63, 3.8) is 0 Å². The number of thiol groups is 1. The van der Waals surface area contributed by atoms with Crippen molar-refractivity contribution in [2.24, 2.45) is 5.92 Å². The van der Waals surface area contributed by atoms with Crippen molar-refractivity contribution in [3.8, 4) is 0 Å². The van der Waals surface area contributed by atoms with Crippen LogP contribution in [0.25, 0.3) is 0 Å². The van der Waals surface area contributed by atoms with Crippen LogP contribution in [0.15, 0.2) is 0 Å². The number of carbonyl (C=O) groups excluding carboxylic acids is 1. The molecule has 15 heavy (non-hydrogen) atoms. The molecule has 86 valence electrons. The van der Waals surface area contributed by atoms with E-state index in [1.807, 2.05) is 0 Å². The van der Waals surface area contributed by atoms with Crippen LogP contribution in [0.3, 0.4) is 0 Å². The third-order valence-corrected chi connectivity index (χ3v) is 2.97. The highest BCUT2D eigenvalue weighted by atomic mass is 32.1. The van der Waals surface area contributed by atoms with Crippen molar-refractivity contribution in [1.82, 2.24) is 5.32 Å². The van der Waals surface area contributed by atoms with Crippen LogP contribution in [0.4, 0.5) is 0 Å². The van der Waals surface area contributed by atoms with Gasteiger partial charge in [-0.05, 0) is 26.7 Å². The molecule has 0 spiro atoms. The molecule has 5 heteroatoms. The van der Waals surface area contributed by atoms with Crippen LogP contribution in [-0.4, -0.2) is 27.8 Å². The largest absolute Gasteiger partial charge is 0.480 e. The van der Waals surface area contributed by atoms with E-state index in [0.29, 0.717) is 0 Å². The summed E-state index contributed by atoms with van der Waals surface area (Å²) in [6, 6.07) is -0.936. The molecule has 1 rings (SSSR count). The lowest BCUT2D eigenvalue weighted by Gasteiger charge is -2.31. The van der Waals surface area contributed by atoms with Crippen LogP contribution in [0.5, 0.6) is 0 Å². The van der Waals surface area contributed by atoms with E-state index >= 15 is 0 Å². The number of rotatable bonds is 4. The Hall–Kier alpha value is -0.710. The highest BCUT2D eigenvalue weighted by Crippen LogP contribution is 2.27. The smallest absolute Gasteiger partial charge is 0.327 e. The van der Waals surface area contributed by atoms with Gasteiger partial charge in [0.25, 0.3) is 0 Å². The first-order chi connectivity index (χ1) is 6.82. The molecule has 0 aliphatic heterocycles. The lowest BCUT2D eigenvalue weighted by molar-refractivity contribution is -0.143. The summed E-state index contributed by atoms with van der Waals surface area (Å²) >= 11 is 4.18. The zero-order valence-electron chi connectivity index (χ0n) is 8.99. The summed E-state index contributed by atoms with van der Waals surface area (Å²) < 4.78 is -0.759. The average molecular weight is 231 g/mol. The molecular formula is C10H17NO3S. The summed E-state index contributed by atoms with van der Waals surface area (Å²) in [5.41, 5.74) is 0. The van der Waals surface area contributed by atoms with Gasteiger partial charge in [0.2, 0.25) is 5.91 Å². The second kappa shape index (κ2) is 4.43. The fourth-order valence-corrected chi connectivity index (χ4v) is 1.65. The van der Waals surface area contributed by atoms with Gasteiger partial charge in [0.15, 0.2) is 0 Å². The highest BCUT2D eigenvalue weighted by molar-refractivity contribution is 7.81. The van der Waals surface area contributed by atoms with Crippen molar-refractivity contribution in [2.75, 3.05) is 0 Å². The SMILES string of the molecule is CC(C)(S)C(NC(=O)C1CCC1)C(=O)O. The zero-order valence-corrected chi connectivity index (χ0v) is 9.88. The van der Waals surface area contributed by atoms with Gasteiger partial charge in [0, 0.05) is 10.7 Å². The quantitative estimate of drug-likeness (QED) is 0.634. The maximum atomic E-state index is 11.6. The first-order valence-electron chi connectivity index (χ1n) is 5.08. The van der Waals surface area contributed by atoms with Gasteiger partial charge >= 0.3 is 5.97 Å². The molecule has 1 atom stereocenters. The van der Waals surface area contributed by atoms with Crippen LogP contribution < -0.4 is 5.32 Å². The molecule has 0 radical (unpaired) electrons. The molecule has 1 aliphatic carbocycles. The molecule has 1 saturated carbocycles. The number of carboxylic acids is 1. The van der Waals surface area contributed by atoms with Gasteiger partial charge in [-0.1, -0.05) is 6.42 Å². The zero-order chi connectivity index (χ0) is 11.6. The van der Waals surface area contributed by atoms with Crippen LogP contribution >= 0.6 is 12.6 Å². The van der Waals surface area contributed by atoms with Crippen molar-refractivity contribution in [1.29, 1.82) is 0 Å². The Balaban J connectivity index is 2.58. The number of hydrogen-bond acceptors (Lipinski definition) is 3. The summed E-state index contributed by atoms with van der Waals surface area (Å²) in [5.74, 6) is -1.19. The van der Waals surface area contributed by atoms with E-state index < -0.39 is 16.8 Å². The van der Waals surface area contributed by atoms with Gasteiger partial charge in [0.05, 0.1) is 0 Å². The van der Waals surface area contributed by atoms with Crippen LogP contribution in [0.1, 0.15) is 33.1 Å². The van der Waals surface area contributed by atoms with E-state index in [0.717, 1.165) is 19.3 Å². The van der Waals surface area contributed by atoms with E-state index in [2.05, 4.69) is 17.9 Å². The van der Waals surface area contributed by atoms with Crippen LogP contribution in [-0.2, 0) is 9.59 Å². The molecule has 0 aromatic heterocycles. The summed E-state index contributed by atoms with van der Waals surface area (Å²) in [7, 11) is 0. The van der Waals surface area contributed by atoms with Gasteiger partial charge in [0.1, 0.15) is 6.04 Å². The maximum Gasteiger partial charge on any atom is 0.327 e. The molecule has 4 nitrogen and oxygen atoms in total. The first kappa shape index (κ1) is 12.4. The van der Waals surface area contributed by atoms with Crippen molar-refractivity contribution >= 4 is 24.5 Å². The number of nitrogens with one attached hydrogen (secondary N) is 1. The van der Waals surface area contributed by atoms with Crippen LogP contribution in [0.2, 0.25) is 0 Å². The van der Waals surface area contributed by atoms with Crippen LogP contribution in [0, 0.1) is 5.92 Å². The van der Waals surface area contributed by atoms with Gasteiger partial charge in [-0.25, -0.2) is 4.79 Å². The van der Waals surface area contributed by atoms with E-state index in [9.17, 15) is 9.59 Å². The first-order valence-corrected chi connectivity index (χ1v) is 5.52. The third kappa shape index (κ3) is 3.12. The monoisotopic (exact) mass is 231 g/mol. The van der Waals surface area contributed by atoms with Gasteiger partial charge in [-0.15, -0.1) is 0 Å². The summed E-state index contributed by atoms with van der Waals surface area (Å²) in [4.78, 5) is 22.5. The average Bonchev–Trinajstić information content (AvgIpc) is 1.93. The Morgan fingerprint density at radius 3 is 2.27 bits per heavy atom. The third-order valence-electron chi connectivity index (χ3n) is 2.72. The molecule has 0 aromatic rings. The molecule has 1 amide bonds. The van der Waals surface area contributed by atoms with Gasteiger partial charge < -0.3 is 10.4 Å². The number of hydrogen-bond donors (Lipinski definition) is 3. The van der Waals surface area contributed by atoms with Crippen molar-refractivity contribution < 1.29 is 14.7 Å². The molecule has 1 fully saturated rings. The maximum absolute atomic E-state index is 11.6. The van der Waals surface area contributed by atoms with Gasteiger partial charge in [-0.2, -0.15) is 12.6 Å². The molecule has 0 saturated heterocycles. The summed E-state index contributed by atoms with van der Waals surface area (Å²) in [5, 5.41) is 11.5.